The van der Waals surface area contributed by atoms with Crippen LogP contribution < -0.4 is 0 Å². The number of hydrogen-bond acceptors (Lipinski definition) is 0. The van der Waals surface area contributed by atoms with E-state index in [2.05, 4.69) is 80.2 Å². The van der Waals surface area contributed by atoms with E-state index in [0.717, 1.165) is 6.42 Å². The SMILES string of the molecule is C=C[C@@](C)(Cc1ccccc1)c1ccccc1. The summed E-state index contributed by atoms with van der Waals surface area (Å²) in [5.74, 6) is 0. The molecule has 0 aliphatic heterocycles. The lowest BCUT2D eigenvalue weighted by Gasteiger charge is -2.26. The molecule has 0 heteroatoms. The molecule has 2 aromatic rings. The van der Waals surface area contributed by atoms with Crippen LogP contribution in [0.3, 0.4) is 0 Å². The van der Waals surface area contributed by atoms with Crippen LogP contribution in [0.5, 0.6) is 0 Å². The molecule has 0 amide bonds. The van der Waals surface area contributed by atoms with Gasteiger partial charge in [0.25, 0.3) is 0 Å². The fraction of sp³-hybridized carbons (Fsp3) is 0.176. The van der Waals surface area contributed by atoms with Crippen molar-refractivity contribution in [2.24, 2.45) is 0 Å². The molecule has 0 saturated carbocycles. The van der Waals surface area contributed by atoms with Gasteiger partial charge in [0.05, 0.1) is 0 Å². The third-order valence-electron chi connectivity index (χ3n) is 3.30. The van der Waals surface area contributed by atoms with Gasteiger partial charge in [0.1, 0.15) is 0 Å². The van der Waals surface area contributed by atoms with Gasteiger partial charge in [-0.05, 0) is 17.5 Å². The first kappa shape index (κ1) is 11.7. The van der Waals surface area contributed by atoms with Crippen LogP contribution in [0.1, 0.15) is 18.1 Å². The summed E-state index contributed by atoms with van der Waals surface area (Å²) >= 11 is 0. The van der Waals surface area contributed by atoms with Crippen molar-refractivity contribution in [1.29, 1.82) is 0 Å². The van der Waals surface area contributed by atoms with E-state index >= 15 is 0 Å². The largest absolute Gasteiger partial charge is 0.102 e. The third kappa shape index (κ3) is 2.65. The smallest absolute Gasteiger partial charge is 0.0141 e. The molecule has 0 radical (unpaired) electrons. The molecule has 0 aliphatic rings. The zero-order valence-electron chi connectivity index (χ0n) is 10.3. The molecule has 1 atom stereocenters. The van der Waals surface area contributed by atoms with Gasteiger partial charge in [0.2, 0.25) is 0 Å². The quantitative estimate of drug-likeness (QED) is 0.674. The van der Waals surface area contributed by atoms with Crippen molar-refractivity contribution >= 4 is 0 Å². The van der Waals surface area contributed by atoms with E-state index in [9.17, 15) is 0 Å². The fourth-order valence-corrected chi connectivity index (χ4v) is 2.13. The van der Waals surface area contributed by atoms with Crippen LogP contribution in [-0.2, 0) is 11.8 Å². The number of allylic oxidation sites excluding steroid dienone is 1. The molecule has 2 aromatic carbocycles. The molecule has 0 spiro atoms. The van der Waals surface area contributed by atoms with Crippen molar-refractivity contribution < 1.29 is 0 Å². The molecule has 0 saturated heterocycles. The summed E-state index contributed by atoms with van der Waals surface area (Å²) in [4.78, 5) is 0. The zero-order chi connectivity index (χ0) is 12.1. The monoisotopic (exact) mass is 222 g/mol. The molecule has 0 nitrogen and oxygen atoms in total. The van der Waals surface area contributed by atoms with Gasteiger partial charge in [-0.25, -0.2) is 0 Å². The summed E-state index contributed by atoms with van der Waals surface area (Å²) in [6.45, 7) is 6.24. The molecular weight excluding hydrogens is 204 g/mol. The van der Waals surface area contributed by atoms with Crippen molar-refractivity contribution in [3.63, 3.8) is 0 Å². The minimum absolute atomic E-state index is 0.00259. The Bertz CT molecular complexity index is 470. The Morgan fingerprint density at radius 2 is 1.47 bits per heavy atom. The van der Waals surface area contributed by atoms with E-state index in [-0.39, 0.29) is 5.41 Å². The Labute approximate surface area is 104 Å². The molecule has 0 heterocycles. The predicted molar refractivity (Wildman–Crippen MR) is 74.1 cm³/mol. The second-order valence-electron chi connectivity index (χ2n) is 4.65. The standard InChI is InChI=1S/C17H18/c1-3-17(2,16-12-8-5-9-13-16)14-15-10-6-4-7-11-15/h3-13H,1,14H2,2H3/t17-/m0/s1. The Kier molecular flexibility index (Phi) is 3.43. The van der Waals surface area contributed by atoms with Crippen molar-refractivity contribution in [1.82, 2.24) is 0 Å². The first-order valence-corrected chi connectivity index (χ1v) is 5.98. The Morgan fingerprint density at radius 1 is 0.941 bits per heavy atom. The third-order valence-corrected chi connectivity index (χ3v) is 3.30. The molecule has 0 bridgehead atoms. The fourth-order valence-electron chi connectivity index (χ4n) is 2.13. The normalized spacial score (nSPS) is 13.9. The average Bonchev–Trinajstić information content (AvgIpc) is 2.41. The molecule has 0 aliphatic carbocycles. The van der Waals surface area contributed by atoms with E-state index in [0.29, 0.717) is 0 Å². The maximum atomic E-state index is 4.01. The highest BCUT2D eigenvalue weighted by molar-refractivity contribution is 5.32. The van der Waals surface area contributed by atoms with Gasteiger partial charge < -0.3 is 0 Å². The Balaban J connectivity index is 2.30. The molecule has 86 valence electrons. The lowest BCUT2D eigenvalue weighted by atomic mass is 9.77. The topological polar surface area (TPSA) is 0 Å². The second-order valence-corrected chi connectivity index (χ2v) is 4.65. The van der Waals surface area contributed by atoms with Gasteiger partial charge in [-0.3, -0.25) is 0 Å². The molecular formula is C17H18. The summed E-state index contributed by atoms with van der Waals surface area (Å²) in [5, 5.41) is 0. The van der Waals surface area contributed by atoms with Crippen LogP contribution in [-0.4, -0.2) is 0 Å². The molecule has 17 heavy (non-hydrogen) atoms. The second kappa shape index (κ2) is 5.01. The first-order valence-electron chi connectivity index (χ1n) is 5.98. The van der Waals surface area contributed by atoms with Crippen molar-refractivity contribution in [2.75, 3.05) is 0 Å². The van der Waals surface area contributed by atoms with Crippen LogP contribution in [0.4, 0.5) is 0 Å². The Morgan fingerprint density at radius 3 is 2.00 bits per heavy atom. The average molecular weight is 222 g/mol. The minimum atomic E-state index is 0.00259. The maximum Gasteiger partial charge on any atom is 0.0141 e. The predicted octanol–water partition coefficient (Wildman–Crippen LogP) is 4.37. The highest BCUT2D eigenvalue weighted by Gasteiger charge is 2.22. The summed E-state index contributed by atoms with van der Waals surface area (Å²) in [5.41, 5.74) is 2.67. The summed E-state index contributed by atoms with van der Waals surface area (Å²) < 4.78 is 0. The first-order chi connectivity index (χ1) is 8.24. The molecule has 0 unspecified atom stereocenters. The van der Waals surface area contributed by atoms with Crippen LogP contribution in [0.15, 0.2) is 73.3 Å². The number of hydrogen-bond donors (Lipinski definition) is 0. The van der Waals surface area contributed by atoms with E-state index < -0.39 is 0 Å². The van der Waals surface area contributed by atoms with Crippen molar-refractivity contribution in [2.45, 2.75) is 18.8 Å². The van der Waals surface area contributed by atoms with Gasteiger partial charge in [-0.2, -0.15) is 0 Å². The van der Waals surface area contributed by atoms with Gasteiger partial charge in [-0.15, -0.1) is 6.58 Å². The summed E-state index contributed by atoms with van der Waals surface area (Å²) in [6.07, 6.45) is 3.04. The minimum Gasteiger partial charge on any atom is -0.102 e. The van der Waals surface area contributed by atoms with E-state index in [1.165, 1.54) is 11.1 Å². The highest BCUT2D eigenvalue weighted by atomic mass is 14.3. The zero-order valence-corrected chi connectivity index (χ0v) is 10.3. The summed E-state index contributed by atoms with van der Waals surface area (Å²) in [7, 11) is 0. The van der Waals surface area contributed by atoms with Crippen LogP contribution >= 0.6 is 0 Å². The molecule has 0 fully saturated rings. The summed E-state index contributed by atoms with van der Waals surface area (Å²) in [6, 6.07) is 21.1. The molecule has 0 aromatic heterocycles. The highest BCUT2D eigenvalue weighted by Crippen LogP contribution is 2.29. The maximum absolute atomic E-state index is 4.01. The van der Waals surface area contributed by atoms with E-state index in [1.54, 1.807) is 0 Å². The van der Waals surface area contributed by atoms with Gasteiger partial charge >= 0.3 is 0 Å². The molecule has 2 rings (SSSR count). The van der Waals surface area contributed by atoms with Crippen LogP contribution in [0, 0.1) is 0 Å². The molecule has 0 N–H and O–H groups in total. The van der Waals surface area contributed by atoms with Gasteiger partial charge in [0, 0.05) is 5.41 Å². The van der Waals surface area contributed by atoms with Gasteiger partial charge in [0.15, 0.2) is 0 Å². The van der Waals surface area contributed by atoms with E-state index in [1.807, 2.05) is 0 Å². The lowest BCUT2D eigenvalue weighted by Crippen LogP contribution is -2.21. The lowest BCUT2D eigenvalue weighted by molar-refractivity contribution is 0.593. The Hall–Kier alpha value is -1.82. The van der Waals surface area contributed by atoms with E-state index in [4.69, 9.17) is 0 Å². The number of benzene rings is 2. The number of rotatable bonds is 4. The van der Waals surface area contributed by atoms with Crippen molar-refractivity contribution in [3.05, 3.63) is 84.4 Å². The van der Waals surface area contributed by atoms with Crippen LogP contribution in [0.25, 0.3) is 0 Å². The van der Waals surface area contributed by atoms with Crippen molar-refractivity contribution in [3.8, 4) is 0 Å². The van der Waals surface area contributed by atoms with Gasteiger partial charge in [-0.1, -0.05) is 73.7 Å². The van der Waals surface area contributed by atoms with Crippen LogP contribution in [0.2, 0.25) is 0 Å².